The van der Waals surface area contributed by atoms with Crippen LogP contribution in [0.5, 0.6) is 0 Å². The van der Waals surface area contributed by atoms with Crippen LogP contribution in [0.3, 0.4) is 0 Å². The van der Waals surface area contributed by atoms with Crippen LogP contribution < -0.4 is 0 Å². The van der Waals surface area contributed by atoms with Gasteiger partial charge in [-0.15, -0.1) is 11.3 Å². The number of piperazine rings is 1. The van der Waals surface area contributed by atoms with E-state index in [4.69, 9.17) is 23.2 Å². The van der Waals surface area contributed by atoms with Gasteiger partial charge in [0.2, 0.25) is 0 Å². The van der Waals surface area contributed by atoms with Gasteiger partial charge >= 0.3 is 0 Å². The highest BCUT2D eigenvalue weighted by Gasteiger charge is 2.23. The first kappa shape index (κ1) is 20.3. The molecule has 9 heteroatoms. The first-order chi connectivity index (χ1) is 14.0. The second-order valence-electron chi connectivity index (χ2n) is 6.98. The molecular formula is C20H19Cl2FN4OS. The Balaban J connectivity index is 1.32. The number of hydrogen-bond donors (Lipinski definition) is 0. The maximum Gasteiger partial charge on any atom is 0.264 e. The predicted octanol–water partition coefficient (Wildman–Crippen LogP) is 4.40. The third-order valence-corrected chi connectivity index (χ3v) is 6.39. The van der Waals surface area contributed by atoms with Gasteiger partial charge in [-0.05, 0) is 34.7 Å². The van der Waals surface area contributed by atoms with Gasteiger partial charge in [0.25, 0.3) is 5.91 Å². The van der Waals surface area contributed by atoms with Crippen LogP contribution >= 0.6 is 34.5 Å². The summed E-state index contributed by atoms with van der Waals surface area (Å²) in [6.45, 7) is 4.05. The Labute approximate surface area is 182 Å². The van der Waals surface area contributed by atoms with E-state index in [1.165, 1.54) is 23.5 Å². The van der Waals surface area contributed by atoms with Crippen molar-refractivity contribution >= 4 is 40.4 Å². The minimum atomic E-state index is -0.333. The Morgan fingerprint density at radius 3 is 2.62 bits per heavy atom. The normalized spacial score (nSPS) is 15.1. The van der Waals surface area contributed by atoms with Crippen molar-refractivity contribution < 1.29 is 9.18 Å². The first-order valence-corrected chi connectivity index (χ1v) is 10.8. The number of hydrogen-bond acceptors (Lipinski definition) is 4. The highest BCUT2D eigenvalue weighted by Crippen LogP contribution is 2.22. The van der Waals surface area contributed by atoms with Gasteiger partial charge in [0.15, 0.2) is 0 Å². The summed E-state index contributed by atoms with van der Waals surface area (Å²) in [5.74, 6) is -0.278. The van der Waals surface area contributed by atoms with Crippen LogP contribution in [0.1, 0.15) is 20.8 Å². The zero-order chi connectivity index (χ0) is 20.4. The maximum absolute atomic E-state index is 13.2. The standard InChI is InChI=1S/C20H19Cl2FN4OS/c21-16-9-24-27(12-16)10-14-7-19(29-13-14)20(28)26-5-3-25(4-6-26)11-15-1-2-17(23)8-18(15)22/h1-2,7-9,12-13H,3-6,10-11H2. The molecule has 1 aliphatic rings. The fourth-order valence-electron chi connectivity index (χ4n) is 3.34. The number of aromatic nitrogens is 2. The molecule has 0 radical (unpaired) electrons. The molecule has 1 aromatic carbocycles. The lowest BCUT2D eigenvalue weighted by molar-refractivity contribution is 0.0633. The summed E-state index contributed by atoms with van der Waals surface area (Å²) in [5, 5.41) is 7.18. The second kappa shape index (κ2) is 8.83. The van der Waals surface area contributed by atoms with Crippen LogP contribution in [0.25, 0.3) is 0 Å². The number of rotatable bonds is 5. The lowest BCUT2D eigenvalue weighted by atomic mass is 10.2. The molecule has 29 heavy (non-hydrogen) atoms. The average molecular weight is 453 g/mol. The number of carbonyl (C=O) groups is 1. The van der Waals surface area contributed by atoms with Crippen molar-refractivity contribution in [3.63, 3.8) is 0 Å². The minimum Gasteiger partial charge on any atom is -0.335 e. The second-order valence-corrected chi connectivity index (χ2v) is 8.73. The molecular weight excluding hydrogens is 434 g/mol. The number of thiophene rings is 1. The molecule has 0 bridgehead atoms. The lowest BCUT2D eigenvalue weighted by Gasteiger charge is -2.34. The molecule has 1 aliphatic heterocycles. The van der Waals surface area contributed by atoms with Gasteiger partial charge in [-0.1, -0.05) is 29.3 Å². The molecule has 0 saturated carbocycles. The number of amides is 1. The van der Waals surface area contributed by atoms with E-state index in [0.717, 1.165) is 29.1 Å². The highest BCUT2D eigenvalue weighted by atomic mass is 35.5. The monoisotopic (exact) mass is 452 g/mol. The van der Waals surface area contributed by atoms with Crippen molar-refractivity contribution in [2.75, 3.05) is 26.2 Å². The van der Waals surface area contributed by atoms with Gasteiger partial charge in [0.1, 0.15) is 5.82 Å². The van der Waals surface area contributed by atoms with Gasteiger partial charge in [-0.25, -0.2) is 4.39 Å². The number of halogens is 3. The third kappa shape index (κ3) is 4.98. The van der Waals surface area contributed by atoms with Crippen molar-refractivity contribution in [3.8, 4) is 0 Å². The van der Waals surface area contributed by atoms with E-state index in [2.05, 4.69) is 10.00 Å². The van der Waals surface area contributed by atoms with Crippen molar-refractivity contribution in [2.24, 2.45) is 0 Å². The van der Waals surface area contributed by atoms with Crippen LogP contribution in [0.4, 0.5) is 4.39 Å². The molecule has 3 aromatic rings. The van der Waals surface area contributed by atoms with Crippen LogP contribution in [-0.2, 0) is 13.1 Å². The summed E-state index contributed by atoms with van der Waals surface area (Å²) in [7, 11) is 0. The fraction of sp³-hybridized carbons (Fsp3) is 0.300. The summed E-state index contributed by atoms with van der Waals surface area (Å²) in [5.41, 5.74) is 1.93. The first-order valence-electron chi connectivity index (χ1n) is 9.19. The molecule has 0 atom stereocenters. The molecule has 1 amide bonds. The molecule has 4 rings (SSSR count). The van der Waals surface area contributed by atoms with E-state index in [1.54, 1.807) is 23.1 Å². The maximum atomic E-state index is 13.2. The predicted molar refractivity (Wildman–Crippen MR) is 113 cm³/mol. The Morgan fingerprint density at radius 1 is 1.14 bits per heavy atom. The van der Waals surface area contributed by atoms with Gasteiger partial charge in [-0.3, -0.25) is 14.4 Å². The van der Waals surface area contributed by atoms with E-state index in [1.807, 2.05) is 16.3 Å². The van der Waals surface area contributed by atoms with Crippen molar-refractivity contribution in [1.29, 1.82) is 0 Å². The van der Waals surface area contributed by atoms with Crippen molar-refractivity contribution in [3.05, 3.63) is 73.9 Å². The summed E-state index contributed by atoms with van der Waals surface area (Å²) in [4.78, 5) is 17.7. The molecule has 1 saturated heterocycles. The number of carbonyl (C=O) groups excluding carboxylic acids is 1. The zero-order valence-corrected chi connectivity index (χ0v) is 17.9. The fourth-order valence-corrected chi connectivity index (χ4v) is 4.59. The van der Waals surface area contributed by atoms with E-state index >= 15 is 0 Å². The molecule has 3 heterocycles. The van der Waals surface area contributed by atoms with E-state index < -0.39 is 0 Å². The van der Waals surface area contributed by atoms with Crippen molar-refractivity contribution in [1.82, 2.24) is 19.6 Å². The minimum absolute atomic E-state index is 0.0548. The van der Waals surface area contributed by atoms with E-state index in [-0.39, 0.29) is 11.7 Å². The summed E-state index contributed by atoms with van der Waals surface area (Å²) >= 11 is 13.5. The SMILES string of the molecule is O=C(c1cc(Cn2cc(Cl)cn2)cs1)N1CCN(Cc2ccc(F)cc2Cl)CC1. The van der Waals surface area contributed by atoms with Crippen molar-refractivity contribution in [2.45, 2.75) is 13.1 Å². The number of nitrogens with zero attached hydrogens (tertiary/aromatic N) is 4. The molecule has 0 aliphatic carbocycles. The summed E-state index contributed by atoms with van der Waals surface area (Å²) in [6.07, 6.45) is 3.35. The van der Waals surface area contributed by atoms with Gasteiger partial charge < -0.3 is 4.90 Å². The molecule has 0 spiro atoms. The molecule has 1 fully saturated rings. The molecule has 152 valence electrons. The van der Waals surface area contributed by atoms with Crippen LogP contribution in [0.15, 0.2) is 42.0 Å². The Hall–Kier alpha value is -1.93. The van der Waals surface area contributed by atoms with Crippen LogP contribution in [0, 0.1) is 5.82 Å². The smallest absolute Gasteiger partial charge is 0.264 e. The van der Waals surface area contributed by atoms with Gasteiger partial charge in [0, 0.05) is 43.9 Å². The molecule has 2 aromatic heterocycles. The Morgan fingerprint density at radius 2 is 1.93 bits per heavy atom. The number of benzene rings is 1. The Kier molecular flexibility index (Phi) is 6.20. The quantitative estimate of drug-likeness (QED) is 0.575. The summed E-state index contributed by atoms with van der Waals surface area (Å²) in [6, 6.07) is 6.40. The lowest BCUT2D eigenvalue weighted by Crippen LogP contribution is -2.48. The average Bonchev–Trinajstić information content (AvgIpc) is 3.33. The third-order valence-electron chi connectivity index (χ3n) is 4.88. The van der Waals surface area contributed by atoms with Crippen LogP contribution in [-0.4, -0.2) is 51.7 Å². The topological polar surface area (TPSA) is 41.4 Å². The molecule has 0 N–H and O–H groups in total. The zero-order valence-electron chi connectivity index (χ0n) is 15.5. The van der Waals surface area contributed by atoms with Crippen LogP contribution in [0.2, 0.25) is 10.0 Å². The van der Waals surface area contributed by atoms with E-state index in [0.29, 0.717) is 36.2 Å². The van der Waals surface area contributed by atoms with E-state index in [9.17, 15) is 9.18 Å². The van der Waals surface area contributed by atoms with Gasteiger partial charge in [0.05, 0.1) is 22.6 Å². The largest absolute Gasteiger partial charge is 0.335 e. The Bertz CT molecular complexity index is 1010. The molecule has 5 nitrogen and oxygen atoms in total. The molecule has 0 unspecified atom stereocenters. The highest BCUT2D eigenvalue weighted by molar-refractivity contribution is 7.12. The summed E-state index contributed by atoms with van der Waals surface area (Å²) < 4.78 is 14.9. The van der Waals surface area contributed by atoms with Gasteiger partial charge in [-0.2, -0.15) is 5.10 Å².